The van der Waals surface area contributed by atoms with Crippen molar-refractivity contribution in [3.05, 3.63) is 126 Å². The summed E-state index contributed by atoms with van der Waals surface area (Å²) in [5.74, 6) is 1.07. The molecule has 42 heavy (non-hydrogen) atoms. The van der Waals surface area contributed by atoms with Crippen LogP contribution >= 0.6 is 22.9 Å². The molecule has 0 saturated heterocycles. The molecule has 5 rings (SSSR count). The van der Waals surface area contributed by atoms with Crippen LogP contribution in [0.15, 0.2) is 100 Å². The van der Waals surface area contributed by atoms with Crippen LogP contribution in [-0.4, -0.2) is 31.3 Å². The Labute approximate surface area is 251 Å². The smallest absolute Gasteiger partial charge is 0.271 e. The molecule has 2 heterocycles. The van der Waals surface area contributed by atoms with Gasteiger partial charge in [0.05, 0.1) is 41.1 Å². The molecule has 0 aliphatic carbocycles. The van der Waals surface area contributed by atoms with Crippen LogP contribution in [0.5, 0.6) is 17.2 Å². The normalized spacial score (nSPS) is 14.6. The summed E-state index contributed by atoms with van der Waals surface area (Å²) in [5, 5.41) is 3.29. The second kappa shape index (κ2) is 12.5. The highest BCUT2D eigenvalue weighted by atomic mass is 35.5. The number of para-hydroxylation sites is 1. The Morgan fingerprint density at radius 2 is 1.90 bits per heavy atom. The van der Waals surface area contributed by atoms with Crippen LogP contribution in [0.3, 0.4) is 0 Å². The third-order valence-corrected chi connectivity index (χ3v) is 7.87. The van der Waals surface area contributed by atoms with Gasteiger partial charge in [0.25, 0.3) is 11.5 Å². The van der Waals surface area contributed by atoms with Crippen LogP contribution in [0.2, 0.25) is 5.02 Å². The maximum atomic E-state index is 14.0. The highest BCUT2D eigenvalue weighted by molar-refractivity contribution is 7.07. The van der Waals surface area contributed by atoms with Crippen LogP contribution in [0.1, 0.15) is 24.1 Å². The maximum Gasteiger partial charge on any atom is 0.271 e. The van der Waals surface area contributed by atoms with Gasteiger partial charge in [0.15, 0.2) is 16.3 Å². The number of carbonyl (C=O) groups is 1. The molecule has 0 radical (unpaired) electrons. The van der Waals surface area contributed by atoms with Gasteiger partial charge in [-0.3, -0.25) is 14.2 Å². The lowest BCUT2D eigenvalue weighted by molar-refractivity contribution is -0.113. The van der Waals surface area contributed by atoms with Crippen molar-refractivity contribution in [1.29, 1.82) is 0 Å². The third kappa shape index (κ3) is 5.74. The van der Waals surface area contributed by atoms with Gasteiger partial charge in [0.2, 0.25) is 0 Å². The molecule has 0 bridgehead atoms. The largest absolute Gasteiger partial charge is 0.497 e. The van der Waals surface area contributed by atoms with Gasteiger partial charge < -0.3 is 19.5 Å². The molecule has 4 aromatic rings. The van der Waals surface area contributed by atoms with Crippen molar-refractivity contribution < 1.29 is 19.0 Å². The summed E-state index contributed by atoms with van der Waals surface area (Å²) in [6.07, 6.45) is 3.33. The van der Waals surface area contributed by atoms with Gasteiger partial charge >= 0.3 is 0 Å². The lowest BCUT2D eigenvalue weighted by Crippen LogP contribution is -2.40. The molecule has 1 aromatic heterocycles. The second-order valence-corrected chi connectivity index (χ2v) is 10.7. The monoisotopic (exact) mass is 601 g/mol. The predicted octanol–water partition coefficient (Wildman–Crippen LogP) is 5.11. The Morgan fingerprint density at radius 3 is 2.62 bits per heavy atom. The number of thiazole rings is 1. The van der Waals surface area contributed by atoms with Crippen molar-refractivity contribution in [1.82, 2.24) is 4.57 Å². The van der Waals surface area contributed by atoms with Crippen molar-refractivity contribution in [2.45, 2.75) is 13.0 Å². The molecule has 0 spiro atoms. The van der Waals surface area contributed by atoms with Gasteiger partial charge in [-0.05, 0) is 60.5 Å². The van der Waals surface area contributed by atoms with Gasteiger partial charge in [0.1, 0.15) is 12.4 Å². The van der Waals surface area contributed by atoms with E-state index in [1.165, 1.54) is 18.4 Å². The number of anilines is 1. The minimum absolute atomic E-state index is 0.262. The van der Waals surface area contributed by atoms with Crippen LogP contribution in [0.4, 0.5) is 5.69 Å². The molecular weight excluding hydrogens is 574 g/mol. The molecule has 8 nitrogen and oxygen atoms in total. The van der Waals surface area contributed by atoms with Gasteiger partial charge in [-0.25, -0.2) is 4.99 Å². The Balaban J connectivity index is 1.66. The van der Waals surface area contributed by atoms with E-state index in [-0.39, 0.29) is 18.1 Å². The number of allylic oxidation sites excluding steroid dienone is 1. The summed E-state index contributed by atoms with van der Waals surface area (Å²) in [7, 11) is 3.09. The van der Waals surface area contributed by atoms with E-state index in [1.54, 1.807) is 55.0 Å². The fourth-order valence-corrected chi connectivity index (χ4v) is 6.04. The Hall–Kier alpha value is -4.60. The van der Waals surface area contributed by atoms with E-state index >= 15 is 0 Å². The van der Waals surface area contributed by atoms with Crippen molar-refractivity contribution in [2.75, 3.05) is 26.1 Å². The third-order valence-electron chi connectivity index (χ3n) is 6.60. The van der Waals surface area contributed by atoms with Crippen LogP contribution in [-0.2, 0) is 4.79 Å². The summed E-state index contributed by atoms with van der Waals surface area (Å²) in [5.41, 5.74) is 2.56. The van der Waals surface area contributed by atoms with Crippen molar-refractivity contribution in [3.8, 4) is 17.2 Å². The topological polar surface area (TPSA) is 91.2 Å². The van der Waals surface area contributed by atoms with Crippen molar-refractivity contribution >= 4 is 40.6 Å². The van der Waals surface area contributed by atoms with Crippen LogP contribution < -0.4 is 34.4 Å². The number of aromatic nitrogens is 1. The summed E-state index contributed by atoms with van der Waals surface area (Å²) < 4.78 is 18.6. The molecule has 10 heteroatoms. The molecule has 0 unspecified atom stereocenters. The predicted molar refractivity (Wildman–Crippen MR) is 166 cm³/mol. The summed E-state index contributed by atoms with van der Waals surface area (Å²) >= 11 is 7.73. The fraction of sp³-hybridized carbons (Fsp3) is 0.156. The van der Waals surface area contributed by atoms with Gasteiger partial charge in [-0.1, -0.05) is 65.9 Å². The molecular formula is C32H28ClN3O5S. The highest BCUT2D eigenvalue weighted by Crippen LogP contribution is 2.37. The van der Waals surface area contributed by atoms with E-state index < -0.39 is 6.04 Å². The number of fused-ring (bicyclic) bond motifs is 1. The SMILES string of the molecule is C=CCOc1c(Cl)cc(/C=c2\sc3n(c2=O)[C@H](c2cccc(OC)c2)C(C(=O)Nc2ccccc2)=C(C)N=3)cc1OC. The first-order chi connectivity index (χ1) is 20.3. The lowest BCUT2D eigenvalue weighted by Gasteiger charge is -2.25. The Morgan fingerprint density at radius 1 is 1.12 bits per heavy atom. The number of methoxy groups -OCH3 is 2. The van der Waals surface area contributed by atoms with E-state index in [1.807, 2.05) is 42.5 Å². The van der Waals surface area contributed by atoms with E-state index in [4.69, 9.17) is 30.8 Å². The Bertz CT molecular complexity index is 1880. The molecule has 0 fully saturated rings. The van der Waals surface area contributed by atoms with Crippen molar-refractivity contribution in [2.24, 2.45) is 4.99 Å². The molecule has 1 aliphatic heterocycles. The van der Waals surface area contributed by atoms with Gasteiger partial charge in [-0.15, -0.1) is 0 Å². The molecule has 1 aliphatic rings. The number of nitrogens with one attached hydrogen (secondary N) is 1. The average molecular weight is 602 g/mol. The zero-order valence-corrected chi connectivity index (χ0v) is 24.8. The molecule has 1 N–H and O–H groups in total. The molecule has 1 atom stereocenters. The molecule has 3 aromatic carbocycles. The van der Waals surface area contributed by atoms with Crippen LogP contribution in [0.25, 0.3) is 6.08 Å². The standard InChI is InChI=1S/C32H28ClN3O5S/c1-5-14-41-29-24(33)15-20(16-25(29)40-4)17-26-31(38)36-28(21-10-9-13-23(18-21)39-3)27(19(2)34-32(36)42-26)30(37)35-22-11-7-6-8-12-22/h5-13,15-18,28H,1,14H2,2-4H3,(H,35,37)/b26-17-/t28-/m1/s1. The van der Waals surface area contributed by atoms with Gasteiger partial charge in [0, 0.05) is 5.69 Å². The first-order valence-electron chi connectivity index (χ1n) is 13.0. The van der Waals surface area contributed by atoms with Crippen molar-refractivity contribution in [3.63, 3.8) is 0 Å². The Kier molecular flexibility index (Phi) is 8.61. The number of hydrogen-bond acceptors (Lipinski definition) is 7. The van der Waals surface area contributed by atoms with E-state index in [9.17, 15) is 9.59 Å². The minimum atomic E-state index is -0.741. The van der Waals surface area contributed by atoms with E-state index in [0.717, 1.165) is 0 Å². The number of carbonyl (C=O) groups excluding carboxylic acids is 1. The number of ether oxygens (including phenoxy) is 3. The summed E-state index contributed by atoms with van der Waals surface area (Å²) in [6.45, 7) is 5.70. The van der Waals surface area contributed by atoms with E-state index in [0.29, 0.717) is 59.7 Å². The quantitative estimate of drug-likeness (QED) is 0.269. The number of rotatable bonds is 9. The number of halogens is 1. The number of hydrogen-bond donors (Lipinski definition) is 1. The van der Waals surface area contributed by atoms with Crippen LogP contribution in [0, 0.1) is 0 Å². The number of amides is 1. The number of nitrogens with zero attached hydrogens (tertiary/aromatic N) is 2. The first-order valence-corrected chi connectivity index (χ1v) is 14.2. The van der Waals surface area contributed by atoms with E-state index in [2.05, 4.69) is 11.9 Å². The fourth-order valence-electron chi connectivity index (χ4n) is 4.72. The summed E-state index contributed by atoms with van der Waals surface area (Å²) in [6, 6.07) is 19.2. The molecule has 0 saturated carbocycles. The zero-order valence-electron chi connectivity index (χ0n) is 23.2. The lowest BCUT2D eigenvalue weighted by atomic mass is 9.95. The maximum absolute atomic E-state index is 14.0. The number of benzene rings is 3. The zero-order chi connectivity index (χ0) is 29.8. The summed E-state index contributed by atoms with van der Waals surface area (Å²) in [4.78, 5) is 32.9. The highest BCUT2D eigenvalue weighted by Gasteiger charge is 2.32. The minimum Gasteiger partial charge on any atom is -0.497 e. The molecule has 1 amide bonds. The first kappa shape index (κ1) is 28.9. The molecule has 214 valence electrons. The average Bonchev–Trinajstić information content (AvgIpc) is 3.29. The second-order valence-electron chi connectivity index (χ2n) is 9.31. The van der Waals surface area contributed by atoms with Gasteiger partial charge in [-0.2, -0.15) is 0 Å².